The van der Waals surface area contributed by atoms with Crippen molar-refractivity contribution >= 4 is 23.4 Å². The molecule has 0 aliphatic rings. The Labute approximate surface area is 114 Å². The van der Waals surface area contributed by atoms with Gasteiger partial charge in [0.2, 0.25) is 5.89 Å². The van der Waals surface area contributed by atoms with Gasteiger partial charge in [-0.3, -0.25) is 4.79 Å². The maximum atomic E-state index is 10.4. The molecule has 0 saturated carbocycles. The molecule has 7 heteroatoms. The lowest BCUT2D eigenvalue weighted by Gasteiger charge is -2.11. The Balaban J connectivity index is 2.11. The first kappa shape index (κ1) is 13.4. The molecule has 1 N–H and O–H groups in total. The lowest BCUT2D eigenvalue weighted by Crippen LogP contribution is -2.07. The smallest absolute Gasteiger partial charge is 0.314 e. The first-order valence-electron chi connectivity index (χ1n) is 5.52. The highest BCUT2D eigenvalue weighted by atomic mass is 32.2. The number of carboxylic acids is 1. The van der Waals surface area contributed by atoms with Gasteiger partial charge < -0.3 is 14.4 Å². The summed E-state index contributed by atoms with van der Waals surface area (Å²) in [7, 11) is 3.92. The summed E-state index contributed by atoms with van der Waals surface area (Å²) in [5.74, 6) is -0.625. The third-order valence-electron chi connectivity index (χ3n) is 2.36. The molecule has 2 aromatic rings. The number of nitrogens with zero attached hydrogens (tertiary/aromatic N) is 3. The summed E-state index contributed by atoms with van der Waals surface area (Å²) in [5.41, 5.74) is 1.88. The Hall–Kier alpha value is -2.02. The molecule has 19 heavy (non-hydrogen) atoms. The van der Waals surface area contributed by atoms with E-state index in [0.717, 1.165) is 23.0 Å². The minimum absolute atomic E-state index is 0.0960. The van der Waals surface area contributed by atoms with Crippen LogP contribution in [0.4, 0.5) is 5.69 Å². The average molecular weight is 279 g/mol. The molecule has 0 fully saturated rings. The van der Waals surface area contributed by atoms with Crippen molar-refractivity contribution in [2.45, 2.75) is 5.22 Å². The molecule has 0 spiro atoms. The number of benzene rings is 1. The number of anilines is 1. The van der Waals surface area contributed by atoms with Gasteiger partial charge in [-0.05, 0) is 24.3 Å². The lowest BCUT2D eigenvalue weighted by atomic mass is 10.2. The third-order valence-corrected chi connectivity index (χ3v) is 3.16. The van der Waals surface area contributed by atoms with Crippen LogP contribution in [0.25, 0.3) is 11.5 Å². The van der Waals surface area contributed by atoms with Crippen LogP contribution in [0.1, 0.15) is 0 Å². The van der Waals surface area contributed by atoms with Crippen molar-refractivity contribution in [1.82, 2.24) is 10.2 Å². The molecule has 6 nitrogen and oxygen atoms in total. The number of aromatic nitrogens is 2. The highest BCUT2D eigenvalue weighted by Crippen LogP contribution is 2.24. The Kier molecular flexibility index (Phi) is 4.06. The third kappa shape index (κ3) is 3.47. The predicted octanol–water partition coefficient (Wildman–Crippen LogP) is 1.98. The summed E-state index contributed by atoms with van der Waals surface area (Å²) in [4.78, 5) is 12.4. The van der Waals surface area contributed by atoms with Gasteiger partial charge in [-0.2, -0.15) is 0 Å². The SMILES string of the molecule is CN(C)c1ccc(-c2nnc(SCC(=O)O)o2)cc1. The van der Waals surface area contributed by atoms with Gasteiger partial charge in [0.25, 0.3) is 5.22 Å². The van der Waals surface area contributed by atoms with Crippen LogP contribution in [-0.2, 0) is 4.79 Å². The second-order valence-electron chi connectivity index (χ2n) is 4.00. The largest absolute Gasteiger partial charge is 0.481 e. The summed E-state index contributed by atoms with van der Waals surface area (Å²) in [6.45, 7) is 0. The molecule has 0 saturated heterocycles. The highest BCUT2D eigenvalue weighted by Gasteiger charge is 2.10. The average Bonchev–Trinajstić information content (AvgIpc) is 2.85. The molecule has 0 amide bonds. The van der Waals surface area contributed by atoms with Gasteiger partial charge in [-0.15, -0.1) is 10.2 Å². The van der Waals surface area contributed by atoms with Crippen molar-refractivity contribution in [1.29, 1.82) is 0 Å². The molecule has 0 atom stereocenters. The fourth-order valence-electron chi connectivity index (χ4n) is 1.41. The molecule has 0 radical (unpaired) electrons. The molecular weight excluding hydrogens is 266 g/mol. The van der Waals surface area contributed by atoms with E-state index in [4.69, 9.17) is 9.52 Å². The van der Waals surface area contributed by atoms with Crippen LogP contribution in [-0.4, -0.2) is 41.1 Å². The van der Waals surface area contributed by atoms with Crippen LogP contribution in [0.5, 0.6) is 0 Å². The van der Waals surface area contributed by atoms with Crippen LogP contribution in [0.3, 0.4) is 0 Å². The number of hydrogen-bond donors (Lipinski definition) is 1. The molecule has 1 aromatic heterocycles. The number of carbonyl (C=O) groups is 1. The Morgan fingerprint density at radius 1 is 1.32 bits per heavy atom. The minimum atomic E-state index is -0.917. The van der Waals surface area contributed by atoms with E-state index in [1.165, 1.54) is 0 Å². The van der Waals surface area contributed by atoms with E-state index in [2.05, 4.69) is 10.2 Å². The Bertz CT molecular complexity index is 566. The molecular formula is C12H13N3O3S. The summed E-state index contributed by atoms with van der Waals surface area (Å²) in [6, 6.07) is 7.66. The molecule has 0 aliphatic carbocycles. The number of hydrogen-bond acceptors (Lipinski definition) is 6. The van der Waals surface area contributed by atoms with Crippen LogP contribution in [0.2, 0.25) is 0 Å². The fraction of sp³-hybridized carbons (Fsp3) is 0.250. The number of thioether (sulfide) groups is 1. The summed E-state index contributed by atoms with van der Waals surface area (Å²) < 4.78 is 5.38. The zero-order valence-electron chi connectivity index (χ0n) is 10.5. The Morgan fingerprint density at radius 2 is 2.00 bits per heavy atom. The topological polar surface area (TPSA) is 79.5 Å². The number of aliphatic carboxylic acids is 1. The van der Waals surface area contributed by atoms with Gasteiger partial charge in [0.15, 0.2) is 0 Å². The second-order valence-corrected chi connectivity index (χ2v) is 4.92. The van der Waals surface area contributed by atoms with Crippen molar-refractivity contribution in [2.24, 2.45) is 0 Å². The van der Waals surface area contributed by atoms with Gasteiger partial charge in [0.05, 0.1) is 0 Å². The van der Waals surface area contributed by atoms with Crippen LogP contribution in [0, 0.1) is 0 Å². The Morgan fingerprint density at radius 3 is 2.58 bits per heavy atom. The van der Waals surface area contributed by atoms with E-state index in [1.54, 1.807) is 0 Å². The maximum absolute atomic E-state index is 10.4. The number of rotatable bonds is 5. The standard InChI is InChI=1S/C12H13N3O3S/c1-15(2)9-5-3-8(4-6-9)11-13-14-12(18-11)19-7-10(16)17/h3-6H,7H2,1-2H3,(H,16,17). The predicted molar refractivity (Wildman–Crippen MR) is 72.4 cm³/mol. The fourth-order valence-corrected chi connectivity index (χ4v) is 1.89. The molecule has 2 rings (SSSR count). The lowest BCUT2D eigenvalue weighted by molar-refractivity contribution is -0.133. The van der Waals surface area contributed by atoms with Crippen LogP contribution < -0.4 is 4.90 Å². The second kappa shape index (κ2) is 5.75. The van der Waals surface area contributed by atoms with Crippen LogP contribution >= 0.6 is 11.8 Å². The van der Waals surface area contributed by atoms with Gasteiger partial charge in [-0.25, -0.2) is 0 Å². The van der Waals surface area contributed by atoms with E-state index < -0.39 is 5.97 Å². The van der Waals surface area contributed by atoms with Gasteiger partial charge in [0.1, 0.15) is 5.75 Å². The molecule has 0 bridgehead atoms. The quantitative estimate of drug-likeness (QED) is 0.838. The van der Waals surface area contributed by atoms with Crippen molar-refractivity contribution in [2.75, 3.05) is 24.7 Å². The van der Waals surface area contributed by atoms with E-state index >= 15 is 0 Å². The van der Waals surface area contributed by atoms with Crippen molar-refractivity contribution < 1.29 is 14.3 Å². The van der Waals surface area contributed by atoms with Crippen molar-refractivity contribution in [3.63, 3.8) is 0 Å². The zero-order valence-corrected chi connectivity index (χ0v) is 11.3. The van der Waals surface area contributed by atoms with Gasteiger partial charge >= 0.3 is 5.97 Å². The highest BCUT2D eigenvalue weighted by molar-refractivity contribution is 7.99. The summed E-state index contributed by atoms with van der Waals surface area (Å²) in [5, 5.41) is 16.5. The summed E-state index contributed by atoms with van der Waals surface area (Å²) >= 11 is 1.00. The minimum Gasteiger partial charge on any atom is -0.481 e. The van der Waals surface area contributed by atoms with Crippen molar-refractivity contribution in [3.05, 3.63) is 24.3 Å². The summed E-state index contributed by atoms with van der Waals surface area (Å²) in [6.07, 6.45) is 0. The van der Waals surface area contributed by atoms with E-state index in [9.17, 15) is 4.79 Å². The molecule has 0 aliphatic heterocycles. The van der Waals surface area contributed by atoms with Gasteiger partial charge in [-0.1, -0.05) is 11.8 Å². The molecule has 0 unspecified atom stereocenters. The molecule has 1 aromatic carbocycles. The van der Waals surface area contributed by atoms with Gasteiger partial charge in [0, 0.05) is 25.3 Å². The number of carboxylic acid groups (broad SMARTS) is 1. The van der Waals surface area contributed by atoms with E-state index in [1.807, 2.05) is 43.3 Å². The molecule has 100 valence electrons. The molecule has 1 heterocycles. The van der Waals surface area contributed by atoms with Crippen LogP contribution in [0.15, 0.2) is 33.9 Å². The first-order valence-corrected chi connectivity index (χ1v) is 6.50. The zero-order chi connectivity index (χ0) is 13.8. The monoisotopic (exact) mass is 279 g/mol. The van der Waals surface area contributed by atoms with E-state index in [0.29, 0.717) is 5.89 Å². The van der Waals surface area contributed by atoms with Crippen molar-refractivity contribution in [3.8, 4) is 11.5 Å². The first-order chi connectivity index (χ1) is 9.06. The maximum Gasteiger partial charge on any atom is 0.314 e. The normalized spacial score (nSPS) is 10.4. The van der Waals surface area contributed by atoms with E-state index in [-0.39, 0.29) is 11.0 Å².